The van der Waals surface area contributed by atoms with Crippen LogP contribution in [-0.4, -0.2) is 23.0 Å². The molecule has 0 aliphatic heterocycles. The molecule has 1 N–H and O–H groups in total. The van der Waals surface area contributed by atoms with Crippen LogP contribution in [0.25, 0.3) is 0 Å². The highest BCUT2D eigenvalue weighted by atomic mass is 16.6. The van der Waals surface area contributed by atoms with Gasteiger partial charge in [0.15, 0.2) is 12.0 Å². The van der Waals surface area contributed by atoms with Gasteiger partial charge in [-0.2, -0.15) is 0 Å². The Bertz CT molecular complexity index is 406. The average Bonchev–Trinajstić information content (AvgIpc) is 2.62. The molecule has 0 fully saturated rings. The number of ether oxygens (including phenoxy) is 1. The fourth-order valence-corrected chi connectivity index (χ4v) is 1.10. The third-order valence-electron chi connectivity index (χ3n) is 1.76. The molecule has 0 aromatic carbocycles. The number of hydrogen-bond donors (Lipinski definition) is 1. The van der Waals surface area contributed by atoms with Gasteiger partial charge in [0.05, 0.1) is 6.20 Å². The molecule has 0 saturated carbocycles. The maximum Gasteiger partial charge on any atom is 0.408 e. The number of oxazole rings is 1. The lowest BCUT2D eigenvalue weighted by Crippen LogP contribution is -2.34. The Morgan fingerprint density at radius 2 is 2.24 bits per heavy atom. The Hall–Kier alpha value is -1.85. The van der Waals surface area contributed by atoms with E-state index in [0.717, 1.165) is 0 Å². The van der Waals surface area contributed by atoms with Gasteiger partial charge in [0.1, 0.15) is 11.6 Å². The minimum atomic E-state index is -0.561. The predicted molar refractivity (Wildman–Crippen MR) is 59.7 cm³/mol. The van der Waals surface area contributed by atoms with Crippen molar-refractivity contribution in [2.45, 2.75) is 39.3 Å². The van der Waals surface area contributed by atoms with Crippen molar-refractivity contribution in [3.8, 4) is 0 Å². The molecular weight excluding hydrogens is 224 g/mol. The van der Waals surface area contributed by atoms with Gasteiger partial charge in [-0.15, -0.1) is 0 Å². The molecule has 1 rings (SSSR count). The van der Waals surface area contributed by atoms with Crippen molar-refractivity contribution in [2.75, 3.05) is 0 Å². The first-order valence-corrected chi connectivity index (χ1v) is 5.22. The van der Waals surface area contributed by atoms with E-state index in [1.165, 1.54) is 6.20 Å². The van der Waals surface area contributed by atoms with Crippen molar-refractivity contribution in [1.82, 2.24) is 10.3 Å². The first-order chi connectivity index (χ1) is 7.81. The third kappa shape index (κ3) is 4.26. The van der Waals surface area contributed by atoms with Crippen LogP contribution >= 0.6 is 0 Å². The summed E-state index contributed by atoms with van der Waals surface area (Å²) >= 11 is 0. The van der Waals surface area contributed by atoms with Crippen molar-refractivity contribution in [3.63, 3.8) is 0 Å². The van der Waals surface area contributed by atoms with E-state index < -0.39 is 17.7 Å². The molecule has 1 heterocycles. The van der Waals surface area contributed by atoms with Gasteiger partial charge in [0.25, 0.3) is 0 Å². The highest BCUT2D eigenvalue weighted by molar-refractivity contribution is 5.70. The molecular formula is C11H16N2O4. The largest absolute Gasteiger partial charge is 0.444 e. The number of carbonyl (C=O) groups is 2. The fraction of sp³-hybridized carbons (Fsp3) is 0.545. The molecule has 1 aromatic heterocycles. The van der Waals surface area contributed by atoms with Gasteiger partial charge in [-0.05, 0) is 27.7 Å². The molecule has 0 radical (unpaired) electrons. The third-order valence-corrected chi connectivity index (χ3v) is 1.76. The number of aromatic nitrogens is 1. The number of amides is 1. The zero-order valence-corrected chi connectivity index (χ0v) is 10.3. The molecule has 6 nitrogen and oxygen atoms in total. The molecule has 1 atom stereocenters. The topological polar surface area (TPSA) is 81.4 Å². The molecule has 6 heteroatoms. The Labute approximate surface area is 99.4 Å². The van der Waals surface area contributed by atoms with E-state index in [2.05, 4.69) is 10.3 Å². The van der Waals surface area contributed by atoms with Gasteiger partial charge < -0.3 is 14.5 Å². The van der Waals surface area contributed by atoms with Crippen LogP contribution in [0, 0.1) is 0 Å². The Morgan fingerprint density at radius 1 is 1.59 bits per heavy atom. The van der Waals surface area contributed by atoms with Gasteiger partial charge >= 0.3 is 6.09 Å². The molecule has 1 aromatic rings. The second kappa shape index (κ2) is 4.99. The Morgan fingerprint density at radius 3 is 2.71 bits per heavy atom. The maximum absolute atomic E-state index is 11.4. The molecule has 0 aliphatic carbocycles. The van der Waals surface area contributed by atoms with E-state index in [9.17, 15) is 9.59 Å². The van der Waals surface area contributed by atoms with E-state index >= 15 is 0 Å². The van der Waals surface area contributed by atoms with E-state index in [-0.39, 0.29) is 11.7 Å². The van der Waals surface area contributed by atoms with Crippen molar-refractivity contribution in [2.24, 2.45) is 0 Å². The zero-order chi connectivity index (χ0) is 13.1. The van der Waals surface area contributed by atoms with Crippen LogP contribution < -0.4 is 5.32 Å². The first-order valence-electron chi connectivity index (χ1n) is 5.22. The molecule has 0 unspecified atom stereocenters. The summed E-state index contributed by atoms with van der Waals surface area (Å²) in [5.41, 5.74) is -0.561. The maximum atomic E-state index is 11.4. The molecule has 94 valence electrons. The lowest BCUT2D eigenvalue weighted by molar-refractivity contribution is 0.0501. The molecule has 0 bridgehead atoms. The molecule has 17 heavy (non-hydrogen) atoms. The quantitative estimate of drug-likeness (QED) is 0.818. The smallest absolute Gasteiger partial charge is 0.408 e. The van der Waals surface area contributed by atoms with E-state index in [1.54, 1.807) is 27.7 Å². The lowest BCUT2D eigenvalue weighted by atomic mass is 10.2. The van der Waals surface area contributed by atoms with E-state index in [1.807, 2.05) is 0 Å². The normalized spacial score (nSPS) is 12.9. The molecule has 0 aliphatic rings. The zero-order valence-electron chi connectivity index (χ0n) is 10.3. The number of hydrogen-bond acceptors (Lipinski definition) is 5. The van der Waals surface area contributed by atoms with Crippen LogP contribution in [0.15, 0.2) is 10.6 Å². The highest BCUT2D eigenvalue weighted by Gasteiger charge is 2.20. The second-order valence-electron chi connectivity index (χ2n) is 4.59. The summed E-state index contributed by atoms with van der Waals surface area (Å²) < 4.78 is 10.2. The van der Waals surface area contributed by atoms with Crippen LogP contribution in [0.4, 0.5) is 4.79 Å². The van der Waals surface area contributed by atoms with Crippen LogP contribution in [0.1, 0.15) is 50.2 Å². The van der Waals surface area contributed by atoms with Gasteiger partial charge in [-0.25, -0.2) is 9.78 Å². The number of nitrogens with one attached hydrogen (secondary N) is 1. The minimum Gasteiger partial charge on any atom is -0.444 e. The summed E-state index contributed by atoms with van der Waals surface area (Å²) in [6.07, 6.45) is 1.29. The van der Waals surface area contributed by atoms with Crippen molar-refractivity contribution in [3.05, 3.63) is 17.8 Å². The van der Waals surface area contributed by atoms with Crippen LogP contribution in [0.2, 0.25) is 0 Å². The van der Waals surface area contributed by atoms with E-state index in [4.69, 9.17) is 9.15 Å². The van der Waals surface area contributed by atoms with Gasteiger partial charge in [0, 0.05) is 0 Å². The van der Waals surface area contributed by atoms with E-state index in [0.29, 0.717) is 6.29 Å². The summed E-state index contributed by atoms with van der Waals surface area (Å²) in [6.45, 7) is 7.00. The van der Waals surface area contributed by atoms with Crippen LogP contribution in [0.3, 0.4) is 0 Å². The summed E-state index contributed by atoms with van der Waals surface area (Å²) in [6, 6.07) is -0.460. The van der Waals surface area contributed by atoms with Gasteiger partial charge in [-0.1, -0.05) is 0 Å². The van der Waals surface area contributed by atoms with Crippen molar-refractivity contribution < 1.29 is 18.7 Å². The molecule has 0 spiro atoms. The monoisotopic (exact) mass is 240 g/mol. The summed E-state index contributed by atoms with van der Waals surface area (Å²) in [4.78, 5) is 25.7. The number of rotatable bonds is 3. The highest BCUT2D eigenvalue weighted by Crippen LogP contribution is 2.13. The first kappa shape index (κ1) is 13.2. The number of nitrogens with zero attached hydrogens (tertiary/aromatic N) is 1. The second-order valence-corrected chi connectivity index (χ2v) is 4.59. The average molecular weight is 240 g/mol. The predicted octanol–water partition coefficient (Wildman–Crippen LogP) is 2.07. The number of aldehydes is 1. The van der Waals surface area contributed by atoms with Crippen LogP contribution in [-0.2, 0) is 4.74 Å². The Kier molecular flexibility index (Phi) is 3.88. The lowest BCUT2D eigenvalue weighted by Gasteiger charge is -2.20. The SMILES string of the molecule is C[C@H](NC(=O)OC(C)(C)C)c1ncc(C=O)o1. The standard InChI is InChI=1S/C11H16N2O4/c1-7(9-12-5-8(6-14)16-9)13-10(15)17-11(2,3)4/h5-7H,1-4H3,(H,13,15)/t7-/m0/s1. The van der Waals surface area contributed by atoms with Crippen molar-refractivity contribution >= 4 is 12.4 Å². The number of alkyl carbamates (subject to hydrolysis) is 1. The van der Waals surface area contributed by atoms with Gasteiger partial charge in [-0.3, -0.25) is 4.79 Å². The molecule has 0 saturated heterocycles. The summed E-state index contributed by atoms with van der Waals surface area (Å²) in [5, 5.41) is 2.56. The summed E-state index contributed by atoms with van der Waals surface area (Å²) in [5.74, 6) is 0.385. The van der Waals surface area contributed by atoms with Gasteiger partial charge in [0.2, 0.25) is 5.89 Å². The Balaban J connectivity index is 2.57. The number of carbonyl (C=O) groups excluding carboxylic acids is 2. The fourth-order valence-electron chi connectivity index (χ4n) is 1.10. The van der Waals surface area contributed by atoms with Crippen LogP contribution in [0.5, 0.6) is 0 Å². The van der Waals surface area contributed by atoms with Crippen molar-refractivity contribution in [1.29, 1.82) is 0 Å². The summed E-state index contributed by atoms with van der Waals surface area (Å²) in [7, 11) is 0. The minimum absolute atomic E-state index is 0.123. The molecule has 1 amide bonds.